The predicted octanol–water partition coefficient (Wildman–Crippen LogP) is 5.91. The fraction of sp³-hybridized carbons (Fsp3) is 0.524. The molecule has 5 heteroatoms. The third-order valence-corrected chi connectivity index (χ3v) is 3.66. The van der Waals surface area contributed by atoms with Crippen molar-refractivity contribution >= 4 is 28.4 Å². The Hall–Kier alpha value is -1.81. The van der Waals surface area contributed by atoms with E-state index in [1.165, 1.54) is 4.90 Å². The molecule has 0 saturated carbocycles. The number of hydrogen-bond acceptors (Lipinski definition) is 3. The fourth-order valence-electron chi connectivity index (χ4n) is 2.32. The Kier molecular flexibility index (Phi) is 17.2. The van der Waals surface area contributed by atoms with Crippen LogP contribution in [0.1, 0.15) is 78.9 Å². The van der Waals surface area contributed by atoms with Crippen molar-refractivity contribution in [3.05, 3.63) is 40.5 Å². The lowest BCUT2D eigenvalue weighted by molar-refractivity contribution is 0.0809. The highest BCUT2D eigenvalue weighted by molar-refractivity contribution is 6.68. The van der Waals surface area contributed by atoms with Crippen molar-refractivity contribution in [2.75, 3.05) is 19.3 Å². The molecule has 0 heterocycles. The highest BCUT2D eigenvalue weighted by Gasteiger charge is 2.24. The summed E-state index contributed by atoms with van der Waals surface area (Å²) in [6.45, 7) is 21.2. The van der Waals surface area contributed by atoms with Gasteiger partial charge in [-0.3, -0.25) is 9.59 Å². The van der Waals surface area contributed by atoms with Crippen molar-refractivity contribution in [1.29, 1.82) is 0 Å². The summed E-state index contributed by atoms with van der Waals surface area (Å²) in [5.74, 6) is -0.203. The average molecular weight is 385 g/mol. The number of anilines is 1. The van der Waals surface area contributed by atoms with Crippen LogP contribution in [0.5, 0.6) is 0 Å². The number of hydrogen-bond donors (Lipinski definition) is 1. The first-order valence-electron chi connectivity index (χ1n) is 9.19. The van der Waals surface area contributed by atoms with Crippen molar-refractivity contribution in [2.45, 2.75) is 62.3 Å². The standard InChI is InChI=1S/C15H19ClN2O2.3C2H6/c1-6-7-18(5)15(20)12-8(2)11(14(16)19)9(3)13(17)10(12)4;3*1-2/h6H,1,7,17H2,2-5H3;3*1-2H3. The summed E-state index contributed by atoms with van der Waals surface area (Å²) in [5.41, 5.74) is 9.02. The molecular formula is C21H37ClN2O2. The number of carbonyl (C=O) groups excluding carboxylic acids is 2. The lowest BCUT2D eigenvalue weighted by Crippen LogP contribution is -2.29. The molecule has 0 aliphatic carbocycles. The van der Waals surface area contributed by atoms with Gasteiger partial charge < -0.3 is 10.6 Å². The molecule has 0 unspecified atom stereocenters. The lowest BCUT2D eigenvalue weighted by atomic mass is 9.91. The van der Waals surface area contributed by atoms with Gasteiger partial charge >= 0.3 is 0 Å². The Morgan fingerprint density at radius 2 is 1.35 bits per heavy atom. The first kappa shape index (κ1) is 29.0. The maximum Gasteiger partial charge on any atom is 0.254 e. The van der Waals surface area contributed by atoms with E-state index in [0.29, 0.717) is 40.0 Å². The van der Waals surface area contributed by atoms with Crippen molar-refractivity contribution in [3.8, 4) is 0 Å². The van der Waals surface area contributed by atoms with E-state index < -0.39 is 5.24 Å². The van der Waals surface area contributed by atoms with Gasteiger partial charge in [-0.15, -0.1) is 6.58 Å². The number of nitrogen functional groups attached to an aromatic ring is 1. The van der Waals surface area contributed by atoms with Crippen LogP contribution < -0.4 is 5.73 Å². The van der Waals surface area contributed by atoms with Crippen molar-refractivity contribution in [2.24, 2.45) is 0 Å². The van der Waals surface area contributed by atoms with E-state index >= 15 is 0 Å². The number of carbonyl (C=O) groups is 2. The van der Waals surface area contributed by atoms with Crippen LogP contribution in [-0.2, 0) is 0 Å². The van der Waals surface area contributed by atoms with E-state index in [0.717, 1.165) is 0 Å². The van der Waals surface area contributed by atoms with Gasteiger partial charge in [-0.05, 0) is 49.1 Å². The maximum absolute atomic E-state index is 12.5. The molecule has 0 atom stereocenters. The van der Waals surface area contributed by atoms with Crippen LogP contribution in [-0.4, -0.2) is 29.6 Å². The Morgan fingerprint density at radius 1 is 0.962 bits per heavy atom. The van der Waals surface area contributed by atoms with Crippen LogP contribution >= 0.6 is 11.6 Å². The van der Waals surface area contributed by atoms with Crippen molar-refractivity contribution < 1.29 is 9.59 Å². The van der Waals surface area contributed by atoms with Crippen LogP contribution in [0.2, 0.25) is 0 Å². The molecule has 0 saturated heterocycles. The average Bonchev–Trinajstić information content (AvgIpc) is 2.65. The molecule has 1 amide bonds. The number of halogens is 1. The van der Waals surface area contributed by atoms with Gasteiger partial charge in [-0.2, -0.15) is 0 Å². The molecule has 0 spiro atoms. The summed E-state index contributed by atoms with van der Waals surface area (Å²) < 4.78 is 0. The topological polar surface area (TPSA) is 63.4 Å². The molecule has 0 bridgehead atoms. The van der Waals surface area contributed by atoms with Gasteiger partial charge in [0.2, 0.25) is 0 Å². The Balaban J connectivity index is -0.000000795. The molecule has 0 fully saturated rings. The van der Waals surface area contributed by atoms with Crippen LogP contribution in [0, 0.1) is 20.8 Å². The minimum absolute atomic E-state index is 0.203. The van der Waals surface area contributed by atoms with Gasteiger partial charge in [0.05, 0.1) is 0 Å². The van der Waals surface area contributed by atoms with Gasteiger partial charge in [-0.1, -0.05) is 47.6 Å². The van der Waals surface area contributed by atoms with E-state index in [4.69, 9.17) is 17.3 Å². The second kappa shape index (κ2) is 15.4. The Labute approximate surface area is 165 Å². The van der Waals surface area contributed by atoms with Gasteiger partial charge in [-0.25, -0.2) is 0 Å². The van der Waals surface area contributed by atoms with Crippen LogP contribution in [0.15, 0.2) is 12.7 Å². The van der Waals surface area contributed by atoms with Gasteiger partial charge in [0.1, 0.15) is 0 Å². The van der Waals surface area contributed by atoms with Crippen molar-refractivity contribution in [3.63, 3.8) is 0 Å². The predicted molar refractivity (Wildman–Crippen MR) is 116 cm³/mol. The van der Waals surface area contributed by atoms with Crippen LogP contribution in [0.3, 0.4) is 0 Å². The molecule has 4 nitrogen and oxygen atoms in total. The molecule has 1 aromatic carbocycles. The quantitative estimate of drug-likeness (QED) is 0.398. The van der Waals surface area contributed by atoms with Gasteiger partial charge in [0.15, 0.2) is 0 Å². The monoisotopic (exact) mass is 384 g/mol. The van der Waals surface area contributed by atoms with E-state index in [2.05, 4.69) is 6.58 Å². The molecular weight excluding hydrogens is 348 g/mol. The Morgan fingerprint density at radius 3 is 1.69 bits per heavy atom. The molecule has 0 aromatic heterocycles. The van der Waals surface area contributed by atoms with E-state index in [9.17, 15) is 9.59 Å². The number of likely N-dealkylation sites (N-methyl/N-ethyl adjacent to an activating group) is 1. The summed E-state index contributed by atoms with van der Waals surface area (Å²) in [6, 6.07) is 0. The lowest BCUT2D eigenvalue weighted by Gasteiger charge is -2.22. The highest BCUT2D eigenvalue weighted by Crippen LogP contribution is 2.30. The zero-order chi connectivity index (χ0) is 21.6. The molecule has 0 aliphatic heterocycles. The van der Waals surface area contributed by atoms with E-state index in [-0.39, 0.29) is 5.91 Å². The molecule has 1 aromatic rings. The fourth-order valence-corrected chi connectivity index (χ4v) is 2.60. The normalized spacial score (nSPS) is 8.58. The molecule has 150 valence electrons. The number of benzene rings is 1. The zero-order valence-corrected chi connectivity index (χ0v) is 19.0. The number of nitrogens with zero attached hydrogens (tertiary/aromatic N) is 1. The minimum atomic E-state index is -0.605. The largest absolute Gasteiger partial charge is 0.398 e. The van der Waals surface area contributed by atoms with Crippen LogP contribution in [0.25, 0.3) is 0 Å². The van der Waals surface area contributed by atoms with Crippen molar-refractivity contribution in [1.82, 2.24) is 4.90 Å². The number of amides is 1. The summed E-state index contributed by atoms with van der Waals surface area (Å²) in [6.07, 6.45) is 1.63. The SMILES string of the molecule is C=CCN(C)C(=O)c1c(C)c(N)c(C)c(C(=O)Cl)c1C.CC.CC.CC. The summed E-state index contributed by atoms with van der Waals surface area (Å²) in [7, 11) is 1.67. The summed E-state index contributed by atoms with van der Waals surface area (Å²) in [5, 5.41) is -0.605. The maximum atomic E-state index is 12.5. The molecule has 2 N–H and O–H groups in total. The molecule has 0 aliphatic rings. The molecule has 26 heavy (non-hydrogen) atoms. The summed E-state index contributed by atoms with van der Waals surface area (Å²) >= 11 is 5.62. The highest BCUT2D eigenvalue weighted by atomic mass is 35.5. The number of rotatable bonds is 4. The zero-order valence-electron chi connectivity index (χ0n) is 18.2. The first-order valence-corrected chi connectivity index (χ1v) is 9.57. The smallest absolute Gasteiger partial charge is 0.254 e. The number of nitrogens with two attached hydrogens (primary N) is 1. The second-order valence-corrected chi connectivity index (χ2v) is 5.13. The first-order chi connectivity index (χ1) is 12.2. The third-order valence-electron chi connectivity index (χ3n) is 3.47. The Bertz CT molecular complexity index is 596. The third kappa shape index (κ3) is 7.20. The molecule has 0 radical (unpaired) electrons. The summed E-state index contributed by atoms with van der Waals surface area (Å²) in [4.78, 5) is 25.6. The molecule has 1 rings (SSSR count). The van der Waals surface area contributed by atoms with Gasteiger partial charge in [0.25, 0.3) is 11.1 Å². The van der Waals surface area contributed by atoms with E-state index in [1.807, 2.05) is 41.5 Å². The van der Waals surface area contributed by atoms with Crippen LogP contribution in [0.4, 0.5) is 5.69 Å². The van der Waals surface area contributed by atoms with E-state index in [1.54, 1.807) is 33.9 Å². The van der Waals surface area contributed by atoms with Gasteiger partial charge in [0, 0.05) is 30.4 Å². The second-order valence-electron chi connectivity index (χ2n) is 4.79. The minimum Gasteiger partial charge on any atom is -0.398 e.